The lowest BCUT2D eigenvalue weighted by Crippen LogP contribution is -2.37. The predicted molar refractivity (Wildman–Crippen MR) is 78.6 cm³/mol. The van der Waals surface area contributed by atoms with Crippen molar-refractivity contribution in [1.82, 2.24) is 9.78 Å². The molecule has 4 heteroatoms. The van der Waals surface area contributed by atoms with Gasteiger partial charge in [0.2, 0.25) is 0 Å². The smallest absolute Gasteiger partial charge is 0.0848 e. The number of rotatable bonds is 4. The van der Waals surface area contributed by atoms with Gasteiger partial charge in [-0.3, -0.25) is 4.68 Å². The number of halogens is 1. The molecule has 0 amide bonds. The lowest BCUT2D eigenvalue weighted by molar-refractivity contribution is -0.0107. The van der Waals surface area contributed by atoms with E-state index in [0.29, 0.717) is 6.42 Å². The number of hydrogen-bond donors (Lipinski definition) is 1. The van der Waals surface area contributed by atoms with Crippen LogP contribution in [-0.4, -0.2) is 20.5 Å². The van der Waals surface area contributed by atoms with Crippen LogP contribution < -0.4 is 0 Å². The summed E-state index contributed by atoms with van der Waals surface area (Å²) in [4.78, 5) is 0. The van der Waals surface area contributed by atoms with Gasteiger partial charge < -0.3 is 5.11 Å². The zero-order valence-corrected chi connectivity index (χ0v) is 13.0. The van der Waals surface area contributed by atoms with Crippen molar-refractivity contribution >= 4 is 11.6 Å². The second kappa shape index (κ2) is 5.84. The third-order valence-electron chi connectivity index (χ3n) is 4.56. The predicted octanol–water partition coefficient (Wildman–Crippen LogP) is 3.74. The molecule has 0 radical (unpaired) electrons. The summed E-state index contributed by atoms with van der Waals surface area (Å²) in [6.45, 7) is 7.03. The Balaban J connectivity index is 2.13. The molecular formula is C15H25ClN2O. The molecule has 1 aliphatic rings. The summed E-state index contributed by atoms with van der Waals surface area (Å²) in [6.07, 6.45) is 5.89. The molecule has 0 saturated heterocycles. The molecule has 1 aliphatic carbocycles. The van der Waals surface area contributed by atoms with Crippen LogP contribution in [0.5, 0.6) is 0 Å². The fraction of sp³-hybridized carbons (Fsp3) is 0.800. The average molecular weight is 285 g/mol. The van der Waals surface area contributed by atoms with Crippen molar-refractivity contribution in [3.8, 4) is 0 Å². The highest BCUT2D eigenvalue weighted by Gasteiger charge is 2.34. The van der Waals surface area contributed by atoms with Crippen LogP contribution >= 0.6 is 11.6 Å². The van der Waals surface area contributed by atoms with E-state index in [1.54, 1.807) is 0 Å². The molecular weight excluding hydrogens is 260 g/mol. The van der Waals surface area contributed by atoms with Gasteiger partial charge >= 0.3 is 0 Å². The molecule has 0 spiro atoms. The second-order valence-corrected chi connectivity index (χ2v) is 6.29. The van der Waals surface area contributed by atoms with Crippen LogP contribution in [0.15, 0.2) is 0 Å². The van der Waals surface area contributed by atoms with Gasteiger partial charge in [-0.25, -0.2) is 0 Å². The first-order chi connectivity index (χ1) is 8.99. The van der Waals surface area contributed by atoms with E-state index in [4.69, 9.17) is 11.6 Å². The first-order valence-electron chi connectivity index (χ1n) is 7.43. The van der Waals surface area contributed by atoms with E-state index in [1.165, 1.54) is 6.42 Å². The molecule has 1 aromatic rings. The Morgan fingerprint density at radius 2 is 2.00 bits per heavy atom. The van der Waals surface area contributed by atoms with Crippen molar-refractivity contribution in [3.63, 3.8) is 0 Å². The SMILES string of the molecule is CCC1CCC(O)(Cc2c(Cl)c(C)nn2CC)CC1. The molecule has 0 aromatic carbocycles. The Labute approximate surface area is 121 Å². The first kappa shape index (κ1) is 14.9. The lowest BCUT2D eigenvalue weighted by atomic mass is 9.76. The Kier molecular flexibility index (Phi) is 4.57. The molecule has 0 bridgehead atoms. The van der Waals surface area contributed by atoms with Crippen LogP contribution in [0, 0.1) is 12.8 Å². The van der Waals surface area contributed by atoms with E-state index in [2.05, 4.69) is 18.9 Å². The van der Waals surface area contributed by atoms with E-state index in [0.717, 1.165) is 54.6 Å². The van der Waals surface area contributed by atoms with E-state index in [-0.39, 0.29) is 0 Å². The van der Waals surface area contributed by atoms with Crippen LogP contribution in [0.25, 0.3) is 0 Å². The Hall–Kier alpha value is -0.540. The highest BCUT2D eigenvalue weighted by atomic mass is 35.5. The van der Waals surface area contributed by atoms with Crippen LogP contribution in [0.3, 0.4) is 0 Å². The molecule has 108 valence electrons. The molecule has 1 aromatic heterocycles. The molecule has 1 N–H and O–H groups in total. The number of aromatic nitrogens is 2. The number of hydrogen-bond acceptors (Lipinski definition) is 2. The van der Waals surface area contributed by atoms with Crippen LogP contribution in [0.4, 0.5) is 0 Å². The number of nitrogens with zero attached hydrogens (tertiary/aromatic N) is 2. The molecule has 1 saturated carbocycles. The third kappa shape index (κ3) is 3.14. The number of aryl methyl sites for hydroxylation is 2. The normalized spacial score (nSPS) is 27.7. The fourth-order valence-electron chi connectivity index (χ4n) is 3.15. The molecule has 0 aliphatic heterocycles. The molecule has 2 rings (SSSR count). The van der Waals surface area contributed by atoms with Gasteiger partial charge in [-0.1, -0.05) is 24.9 Å². The van der Waals surface area contributed by atoms with Gasteiger partial charge in [0.15, 0.2) is 0 Å². The van der Waals surface area contributed by atoms with E-state index >= 15 is 0 Å². The van der Waals surface area contributed by atoms with Crippen molar-refractivity contribution in [1.29, 1.82) is 0 Å². The van der Waals surface area contributed by atoms with Gasteiger partial charge in [-0.05, 0) is 45.4 Å². The zero-order valence-electron chi connectivity index (χ0n) is 12.2. The summed E-state index contributed by atoms with van der Waals surface area (Å²) < 4.78 is 1.93. The van der Waals surface area contributed by atoms with Crippen molar-refractivity contribution in [3.05, 3.63) is 16.4 Å². The van der Waals surface area contributed by atoms with E-state index in [1.807, 2.05) is 11.6 Å². The summed E-state index contributed by atoms with van der Waals surface area (Å²) in [7, 11) is 0. The van der Waals surface area contributed by atoms with Gasteiger partial charge in [0.05, 0.1) is 22.0 Å². The van der Waals surface area contributed by atoms with Crippen molar-refractivity contribution in [2.24, 2.45) is 5.92 Å². The monoisotopic (exact) mass is 284 g/mol. The van der Waals surface area contributed by atoms with Gasteiger partial charge in [0.25, 0.3) is 0 Å². The van der Waals surface area contributed by atoms with Gasteiger partial charge in [-0.2, -0.15) is 5.10 Å². The molecule has 19 heavy (non-hydrogen) atoms. The lowest BCUT2D eigenvalue weighted by Gasteiger charge is -2.36. The maximum Gasteiger partial charge on any atom is 0.0848 e. The van der Waals surface area contributed by atoms with Gasteiger partial charge in [0, 0.05) is 13.0 Å². The highest BCUT2D eigenvalue weighted by Crippen LogP contribution is 2.37. The second-order valence-electron chi connectivity index (χ2n) is 5.91. The summed E-state index contributed by atoms with van der Waals surface area (Å²) in [6, 6.07) is 0. The van der Waals surface area contributed by atoms with Crippen molar-refractivity contribution in [2.75, 3.05) is 0 Å². The quantitative estimate of drug-likeness (QED) is 0.915. The minimum absolute atomic E-state index is 0.589. The molecule has 0 atom stereocenters. The van der Waals surface area contributed by atoms with E-state index < -0.39 is 5.60 Å². The van der Waals surface area contributed by atoms with Gasteiger partial charge in [0.1, 0.15) is 0 Å². The average Bonchev–Trinajstić information content (AvgIpc) is 2.67. The van der Waals surface area contributed by atoms with Crippen LogP contribution in [0.1, 0.15) is 57.3 Å². The largest absolute Gasteiger partial charge is 0.389 e. The van der Waals surface area contributed by atoms with Crippen molar-refractivity contribution in [2.45, 2.75) is 71.4 Å². The standard InChI is InChI=1S/C15H25ClN2O/c1-4-12-6-8-15(19,9-7-12)10-13-14(16)11(3)17-18(13)5-2/h12,19H,4-10H2,1-3H3. The molecule has 3 nitrogen and oxygen atoms in total. The maximum absolute atomic E-state index is 10.8. The summed E-state index contributed by atoms with van der Waals surface area (Å²) in [5.41, 5.74) is 1.28. The van der Waals surface area contributed by atoms with Gasteiger partial charge in [-0.15, -0.1) is 0 Å². The van der Waals surface area contributed by atoms with E-state index in [9.17, 15) is 5.11 Å². The topological polar surface area (TPSA) is 38.1 Å². The molecule has 1 heterocycles. The summed E-state index contributed by atoms with van der Waals surface area (Å²) in [5.74, 6) is 0.786. The molecule has 1 fully saturated rings. The highest BCUT2D eigenvalue weighted by molar-refractivity contribution is 6.31. The fourth-order valence-corrected chi connectivity index (χ4v) is 3.35. The Bertz CT molecular complexity index is 434. The van der Waals surface area contributed by atoms with Crippen LogP contribution in [-0.2, 0) is 13.0 Å². The Morgan fingerprint density at radius 1 is 1.37 bits per heavy atom. The van der Waals surface area contributed by atoms with Crippen molar-refractivity contribution < 1.29 is 5.11 Å². The molecule has 0 unspecified atom stereocenters. The third-order valence-corrected chi connectivity index (χ3v) is 5.05. The minimum Gasteiger partial charge on any atom is -0.389 e. The Morgan fingerprint density at radius 3 is 2.53 bits per heavy atom. The first-order valence-corrected chi connectivity index (χ1v) is 7.81. The minimum atomic E-state index is -0.589. The summed E-state index contributed by atoms with van der Waals surface area (Å²) in [5, 5.41) is 16.0. The summed E-state index contributed by atoms with van der Waals surface area (Å²) >= 11 is 6.34. The zero-order chi connectivity index (χ0) is 14.0. The number of aliphatic hydroxyl groups is 1. The maximum atomic E-state index is 10.8. The van der Waals surface area contributed by atoms with Crippen LogP contribution in [0.2, 0.25) is 5.02 Å².